The van der Waals surface area contributed by atoms with Crippen LogP contribution in [0.2, 0.25) is 0 Å². The average Bonchev–Trinajstić information content (AvgIpc) is 2.44. The minimum Gasteiger partial charge on any atom is -0.426 e. The number of esters is 1. The van der Waals surface area contributed by atoms with Gasteiger partial charge in [-0.15, -0.1) is 0 Å². The van der Waals surface area contributed by atoms with E-state index in [1.54, 1.807) is 24.3 Å². The summed E-state index contributed by atoms with van der Waals surface area (Å²) in [6.07, 6.45) is 0. The van der Waals surface area contributed by atoms with Crippen LogP contribution in [-0.2, 0) is 4.79 Å². The SMILES string of the molecule is CC(=O)Oc1ccccc1C(=O)Nc1cccc(C)c1C. The fourth-order valence-electron chi connectivity index (χ4n) is 1.97. The van der Waals surface area contributed by atoms with Crippen LogP contribution in [0.1, 0.15) is 28.4 Å². The standard InChI is InChI=1S/C17H17NO3/c1-11-7-6-9-15(12(11)2)18-17(20)14-8-4-5-10-16(14)21-13(3)19/h4-10H,1-3H3,(H,18,20). The van der Waals surface area contributed by atoms with E-state index in [4.69, 9.17) is 4.74 Å². The van der Waals surface area contributed by atoms with E-state index in [9.17, 15) is 9.59 Å². The normalized spacial score (nSPS) is 10.0. The van der Waals surface area contributed by atoms with E-state index < -0.39 is 5.97 Å². The predicted octanol–water partition coefficient (Wildman–Crippen LogP) is 3.48. The van der Waals surface area contributed by atoms with E-state index in [2.05, 4.69) is 5.32 Å². The van der Waals surface area contributed by atoms with Crippen molar-refractivity contribution in [2.45, 2.75) is 20.8 Å². The summed E-state index contributed by atoms with van der Waals surface area (Å²) >= 11 is 0. The second-order valence-electron chi connectivity index (χ2n) is 4.79. The second kappa shape index (κ2) is 6.22. The maximum Gasteiger partial charge on any atom is 0.308 e. The van der Waals surface area contributed by atoms with Crippen molar-refractivity contribution in [1.82, 2.24) is 0 Å². The van der Waals surface area contributed by atoms with Gasteiger partial charge in [-0.1, -0.05) is 24.3 Å². The van der Waals surface area contributed by atoms with E-state index in [1.165, 1.54) is 6.92 Å². The van der Waals surface area contributed by atoms with Crippen LogP contribution in [0, 0.1) is 13.8 Å². The Morgan fingerprint density at radius 1 is 1.00 bits per heavy atom. The Labute approximate surface area is 123 Å². The molecule has 0 unspecified atom stereocenters. The number of amides is 1. The van der Waals surface area contributed by atoms with Gasteiger partial charge in [-0.25, -0.2) is 0 Å². The number of nitrogens with one attached hydrogen (secondary N) is 1. The highest BCUT2D eigenvalue weighted by Gasteiger charge is 2.14. The number of para-hydroxylation sites is 1. The lowest BCUT2D eigenvalue weighted by atomic mass is 10.1. The summed E-state index contributed by atoms with van der Waals surface area (Å²) in [6, 6.07) is 12.4. The molecule has 0 radical (unpaired) electrons. The first-order chi connectivity index (χ1) is 9.99. The van der Waals surface area contributed by atoms with Crippen molar-refractivity contribution in [2.24, 2.45) is 0 Å². The van der Waals surface area contributed by atoms with Gasteiger partial charge in [0, 0.05) is 12.6 Å². The van der Waals surface area contributed by atoms with Gasteiger partial charge in [0.25, 0.3) is 5.91 Å². The molecule has 0 bridgehead atoms. The number of carbonyl (C=O) groups excluding carboxylic acids is 2. The maximum atomic E-state index is 12.4. The Bertz CT molecular complexity index is 692. The third-order valence-corrected chi connectivity index (χ3v) is 3.24. The topological polar surface area (TPSA) is 55.4 Å². The molecule has 4 heteroatoms. The molecule has 0 heterocycles. The smallest absolute Gasteiger partial charge is 0.308 e. The molecule has 2 aromatic carbocycles. The van der Waals surface area contributed by atoms with Gasteiger partial charge < -0.3 is 10.1 Å². The van der Waals surface area contributed by atoms with Crippen LogP contribution < -0.4 is 10.1 Å². The van der Waals surface area contributed by atoms with Crippen molar-refractivity contribution in [2.75, 3.05) is 5.32 Å². The highest BCUT2D eigenvalue weighted by Crippen LogP contribution is 2.22. The summed E-state index contributed by atoms with van der Waals surface area (Å²) in [5, 5.41) is 2.85. The molecule has 0 atom stereocenters. The van der Waals surface area contributed by atoms with Crippen molar-refractivity contribution < 1.29 is 14.3 Å². The van der Waals surface area contributed by atoms with E-state index in [0.29, 0.717) is 5.56 Å². The van der Waals surface area contributed by atoms with Crippen LogP contribution in [0.25, 0.3) is 0 Å². The largest absolute Gasteiger partial charge is 0.426 e. The molecule has 4 nitrogen and oxygen atoms in total. The highest BCUT2D eigenvalue weighted by atomic mass is 16.5. The summed E-state index contributed by atoms with van der Waals surface area (Å²) in [6.45, 7) is 5.24. The summed E-state index contributed by atoms with van der Waals surface area (Å²) < 4.78 is 5.06. The zero-order valence-corrected chi connectivity index (χ0v) is 12.3. The lowest BCUT2D eigenvalue weighted by Gasteiger charge is -2.12. The van der Waals surface area contributed by atoms with E-state index >= 15 is 0 Å². The molecule has 0 saturated heterocycles. The van der Waals surface area contributed by atoms with Crippen LogP contribution >= 0.6 is 0 Å². The average molecular weight is 283 g/mol. The van der Waals surface area contributed by atoms with Gasteiger partial charge in [0.15, 0.2) is 0 Å². The first-order valence-corrected chi connectivity index (χ1v) is 6.64. The fourth-order valence-corrected chi connectivity index (χ4v) is 1.97. The van der Waals surface area contributed by atoms with Crippen LogP contribution in [0.15, 0.2) is 42.5 Å². The minimum atomic E-state index is -0.456. The number of ether oxygens (including phenoxy) is 1. The lowest BCUT2D eigenvalue weighted by Crippen LogP contribution is -2.15. The van der Waals surface area contributed by atoms with Gasteiger partial charge in [-0.2, -0.15) is 0 Å². The van der Waals surface area contributed by atoms with Crippen molar-refractivity contribution in [1.29, 1.82) is 0 Å². The Hall–Kier alpha value is -2.62. The molecular formula is C17H17NO3. The van der Waals surface area contributed by atoms with Crippen molar-refractivity contribution in [3.8, 4) is 5.75 Å². The predicted molar refractivity (Wildman–Crippen MR) is 81.6 cm³/mol. The molecule has 2 rings (SSSR count). The summed E-state index contributed by atoms with van der Waals surface area (Å²) in [7, 11) is 0. The quantitative estimate of drug-likeness (QED) is 0.693. The van der Waals surface area contributed by atoms with Gasteiger partial charge in [-0.05, 0) is 43.2 Å². The third-order valence-electron chi connectivity index (χ3n) is 3.24. The summed E-state index contributed by atoms with van der Waals surface area (Å²) in [5.74, 6) is -0.504. The molecule has 0 aliphatic heterocycles. The molecule has 0 aromatic heterocycles. The van der Waals surface area contributed by atoms with Crippen LogP contribution in [0.3, 0.4) is 0 Å². The Balaban J connectivity index is 2.29. The number of hydrogen-bond acceptors (Lipinski definition) is 3. The number of carbonyl (C=O) groups is 2. The molecule has 0 aliphatic rings. The van der Waals surface area contributed by atoms with Gasteiger partial charge in [0.2, 0.25) is 0 Å². The Kier molecular flexibility index (Phi) is 4.38. The van der Waals surface area contributed by atoms with Crippen molar-refractivity contribution in [3.63, 3.8) is 0 Å². The van der Waals surface area contributed by atoms with E-state index in [1.807, 2.05) is 32.0 Å². The monoisotopic (exact) mass is 283 g/mol. The number of anilines is 1. The van der Waals surface area contributed by atoms with Crippen molar-refractivity contribution >= 4 is 17.6 Å². The fraction of sp³-hybridized carbons (Fsp3) is 0.176. The summed E-state index contributed by atoms with van der Waals surface area (Å²) in [5.41, 5.74) is 3.18. The van der Waals surface area contributed by atoms with Crippen LogP contribution in [-0.4, -0.2) is 11.9 Å². The van der Waals surface area contributed by atoms with E-state index in [-0.39, 0.29) is 11.7 Å². The first kappa shape index (κ1) is 14.8. The molecule has 21 heavy (non-hydrogen) atoms. The molecule has 1 N–H and O–H groups in total. The zero-order chi connectivity index (χ0) is 15.4. The molecule has 1 amide bonds. The first-order valence-electron chi connectivity index (χ1n) is 6.64. The summed E-state index contributed by atoms with van der Waals surface area (Å²) in [4.78, 5) is 23.5. The van der Waals surface area contributed by atoms with Crippen LogP contribution in [0.4, 0.5) is 5.69 Å². The highest BCUT2D eigenvalue weighted by molar-refractivity contribution is 6.06. The molecule has 0 aliphatic carbocycles. The van der Waals surface area contributed by atoms with Gasteiger partial charge in [-0.3, -0.25) is 9.59 Å². The zero-order valence-electron chi connectivity index (χ0n) is 12.3. The van der Waals surface area contributed by atoms with Crippen molar-refractivity contribution in [3.05, 3.63) is 59.2 Å². The minimum absolute atomic E-state index is 0.257. The molecule has 0 fully saturated rings. The molecule has 108 valence electrons. The number of benzene rings is 2. The van der Waals surface area contributed by atoms with Gasteiger partial charge in [0.05, 0.1) is 5.56 Å². The molecular weight excluding hydrogens is 266 g/mol. The van der Waals surface area contributed by atoms with Gasteiger partial charge in [0.1, 0.15) is 5.75 Å². The molecule has 0 saturated carbocycles. The number of rotatable bonds is 3. The van der Waals surface area contributed by atoms with Crippen LogP contribution in [0.5, 0.6) is 5.75 Å². The molecule has 0 spiro atoms. The maximum absolute atomic E-state index is 12.4. The van der Waals surface area contributed by atoms with Gasteiger partial charge >= 0.3 is 5.97 Å². The Morgan fingerprint density at radius 2 is 1.71 bits per heavy atom. The number of hydrogen-bond donors (Lipinski definition) is 1. The Morgan fingerprint density at radius 3 is 2.43 bits per heavy atom. The lowest BCUT2D eigenvalue weighted by molar-refractivity contribution is -0.131. The number of aryl methyl sites for hydroxylation is 1. The second-order valence-corrected chi connectivity index (χ2v) is 4.79. The molecule has 2 aromatic rings. The van der Waals surface area contributed by atoms with E-state index in [0.717, 1.165) is 16.8 Å². The third kappa shape index (κ3) is 3.48.